The van der Waals surface area contributed by atoms with Crippen LogP contribution in [0.5, 0.6) is 0 Å². The van der Waals surface area contributed by atoms with Crippen molar-refractivity contribution >= 4 is 34.9 Å². The van der Waals surface area contributed by atoms with Gasteiger partial charge >= 0.3 is 0 Å². The van der Waals surface area contributed by atoms with Crippen LogP contribution in [0.15, 0.2) is 36.0 Å². The molecule has 4 N–H and O–H groups in total. The van der Waals surface area contributed by atoms with E-state index in [1.807, 2.05) is 18.3 Å². The van der Waals surface area contributed by atoms with Crippen LogP contribution < -0.4 is 16.4 Å². The maximum Gasteiger partial charge on any atom is 0.249 e. The summed E-state index contributed by atoms with van der Waals surface area (Å²) in [4.78, 5) is 28.0. The number of benzene rings is 1. The molecular formula is C16H18N4O2S2. The van der Waals surface area contributed by atoms with Crippen molar-refractivity contribution in [2.24, 2.45) is 5.73 Å². The number of carbonyl (C=O) groups is 2. The molecular weight excluding hydrogens is 344 g/mol. The van der Waals surface area contributed by atoms with E-state index in [1.165, 1.54) is 18.7 Å². The van der Waals surface area contributed by atoms with Gasteiger partial charge in [-0.15, -0.1) is 23.1 Å². The number of nitrogens with zero attached hydrogens (tertiary/aromatic N) is 1. The Morgan fingerprint density at radius 3 is 2.75 bits per heavy atom. The summed E-state index contributed by atoms with van der Waals surface area (Å²) in [6.45, 7) is 3.52. The molecule has 24 heavy (non-hydrogen) atoms. The second kappa shape index (κ2) is 6.19. The Hall–Kier alpha value is -1.90. The van der Waals surface area contributed by atoms with Gasteiger partial charge < -0.3 is 11.1 Å². The molecule has 3 rings (SSSR count). The average molecular weight is 362 g/mol. The quantitative estimate of drug-likeness (QED) is 0.770. The fourth-order valence-corrected chi connectivity index (χ4v) is 5.28. The van der Waals surface area contributed by atoms with Crippen molar-refractivity contribution < 1.29 is 9.59 Å². The normalized spacial score (nSPS) is 26.2. The summed E-state index contributed by atoms with van der Waals surface area (Å²) in [5.74, 6) is -0.00491. The maximum absolute atomic E-state index is 11.9. The van der Waals surface area contributed by atoms with Crippen LogP contribution in [0.1, 0.15) is 34.6 Å². The summed E-state index contributed by atoms with van der Waals surface area (Å²) < 4.78 is 0. The molecule has 2 atom stereocenters. The summed E-state index contributed by atoms with van der Waals surface area (Å²) in [5, 5.41) is 6.49. The molecule has 2 unspecified atom stereocenters. The predicted molar refractivity (Wildman–Crippen MR) is 95.5 cm³/mol. The molecule has 0 radical (unpaired) electrons. The van der Waals surface area contributed by atoms with Crippen LogP contribution in [0, 0.1) is 0 Å². The summed E-state index contributed by atoms with van der Waals surface area (Å²) >= 11 is 3.09. The first-order chi connectivity index (χ1) is 11.4. The first-order valence-electron chi connectivity index (χ1n) is 7.37. The first-order valence-corrected chi connectivity index (χ1v) is 9.23. The Bertz CT molecular complexity index is 780. The zero-order valence-electron chi connectivity index (χ0n) is 13.3. The SMILES string of the molecule is CC(=O)NC1(c2ccccc2C(N)=O)NC(C)(c2cncs2)CS1. The highest BCUT2D eigenvalue weighted by Gasteiger charge is 2.50. The highest BCUT2D eigenvalue weighted by atomic mass is 32.2. The number of thioether (sulfide) groups is 1. The van der Waals surface area contributed by atoms with Gasteiger partial charge in [0.05, 0.1) is 11.0 Å². The molecule has 2 amide bonds. The van der Waals surface area contributed by atoms with Gasteiger partial charge in [-0.25, -0.2) is 0 Å². The van der Waals surface area contributed by atoms with E-state index in [0.29, 0.717) is 16.9 Å². The van der Waals surface area contributed by atoms with E-state index in [-0.39, 0.29) is 11.4 Å². The van der Waals surface area contributed by atoms with Crippen molar-refractivity contribution in [2.75, 3.05) is 5.75 Å². The van der Waals surface area contributed by atoms with Crippen molar-refractivity contribution in [3.63, 3.8) is 0 Å². The molecule has 0 aliphatic carbocycles. The van der Waals surface area contributed by atoms with Gasteiger partial charge in [-0.05, 0) is 13.0 Å². The Kier molecular flexibility index (Phi) is 4.37. The number of thiazole rings is 1. The van der Waals surface area contributed by atoms with Gasteiger partial charge in [0.25, 0.3) is 0 Å². The van der Waals surface area contributed by atoms with Gasteiger partial charge in [0, 0.05) is 34.9 Å². The second-order valence-corrected chi connectivity index (χ2v) is 7.96. The number of rotatable bonds is 4. The van der Waals surface area contributed by atoms with Crippen LogP contribution in [0.4, 0.5) is 0 Å². The lowest BCUT2D eigenvalue weighted by Gasteiger charge is -2.34. The number of hydrogen-bond donors (Lipinski definition) is 3. The highest BCUT2D eigenvalue weighted by Crippen LogP contribution is 2.47. The molecule has 1 aliphatic rings. The van der Waals surface area contributed by atoms with E-state index < -0.39 is 10.9 Å². The molecule has 1 saturated heterocycles. The predicted octanol–water partition coefficient (Wildman–Crippen LogP) is 1.74. The van der Waals surface area contributed by atoms with Gasteiger partial charge in [0.1, 0.15) is 0 Å². The third-order valence-electron chi connectivity index (χ3n) is 3.93. The fourth-order valence-electron chi connectivity index (χ4n) is 2.87. The number of nitrogens with one attached hydrogen (secondary N) is 2. The Morgan fingerprint density at radius 1 is 1.38 bits per heavy atom. The lowest BCUT2D eigenvalue weighted by Crippen LogP contribution is -2.55. The zero-order chi connectivity index (χ0) is 17.4. The minimum absolute atomic E-state index is 0.192. The monoisotopic (exact) mass is 362 g/mol. The van der Waals surface area contributed by atoms with E-state index >= 15 is 0 Å². The van der Waals surface area contributed by atoms with E-state index in [1.54, 1.807) is 29.0 Å². The first kappa shape index (κ1) is 16.9. The van der Waals surface area contributed by atoms with Crippen LogP contribution in [-0.2, 0) is 15.3 Å². The minimum atomic E-state index is -0.920. The van der Waals surface area contributed by atoms with Crippen molar-refractivity contribution in [3.8, 4) is 0 Å². The van der Waals surface area contributed by atoms with Crippen LogP contribution in [0.25, 0.3) is 0 Å². The van der Waals surface area contributed by atoms with Crippen LogP contribution >= 0.6 is 23.1 Å². The second-order valence-electron chi connectivity index (χ2n) is 5.88. The summed E-state index contributed by atoms with van der Waals surface area (Å²) in [6.07, 6.45) is 1.82. The van der Waals surface area contributed by atoms with Crippen molar-refractivity contribution in [2.45, 2.75) is 24.4 Å². The Labute approximate surface area is 148 Å². The zero-order valence-corrected chi connectivity index (χ0v) is 15.0. The molecule has 1 aromatic heterocycles. The third-order valence-corrected chi connectivity index (χ3v) is 6.55. The molecule has 6 nitrogen and oxygen atoms in total. The number of amides is 2. The van der Waals surface area contributed by atoms with Crippen LogP contribution in [0.2, 0.25) is 0 Å². The molecule has 0 spiro atoms. The smallest absolute Gasteiger partial charge is 0.249 e. The van der Waals surface area contributed by atoms with Gasteiger partial charge in [-0.3, -0.25) is 19.9 Å². The molecule has 0 saturated carbocycles. The molecule has 1 aliphatic heterocycles. The van der Waals surface area contributed by atoms with Crippen molar-refractivity contribution in [1.82, 2.24) is 15.6 Å². The third kappa shape index (κ3) is 2.92. The lowest BCUT2D eigenvalue weighted by molar-refractivity contribution is -0.120. The molecule has 1 fully saturated rings. The maximum atomic E-state index is 11.9. The van der Waals surface area contributed by atoms with E-state index in [0.717, 1.165) is 4.88 Å². The topological polar surface area (TPSA) is 97.1 Å². The Morgan fingerprint density at radius 2 is 2.12 bits per heavy atom. The van der Waals surface area contributed by atoms with E-state index in [9.17, 15) is 9.59 Å². The summed E-state index contributed by atoms with van der Waals surface area (Å²) in [6, 6.07) is 7.07. The lowest BCUT2D eigenvalue weighted by atomic mass is 9.99. The Balaban J connectivity index is 2.09. The number of nitrogens with two attached hydrogens (primary N) is 1. The molecule has 126 valence electrons. The van der Waals surface area contributed by atoms with Crippen LogP contribution in [0.3, 0.4) is 0 Å². The van der Waals surface area contributed by atoms with Crippen molar-refractivity contribution in [1.29, 1.82) is 0 Å². The number of aromatic nitrogens is 1. The number of primary amides is 1. The summed E-state index contributed by atoms with van der Waals surface area (Å²) in [7, 11) is 0. The number of carbonyl (C=O) groups excluding carboxylic acids is 2. The molecule has 8 heteroatoms. The molecule has 1 aromatic carbocycles. The van der Waals surface area contributed by atoms with Crippen molar-refractivity contribution in [3.05, 3.63) is 52.0 Å². The average Bonchev–Trinajstić information content (AvgIpc) is 3.17. The van der Waals surface area contributed by atoms with Gasteiger partial charge in [-0.2, -0.15) is 0 Å². The molecule has 0 bridgehead atoms. The van der Waals surface area contributed by atoms with Gasteiger partial charge in [0.15, 0.2) is 4.99 Å². The van der Waals surface area contributed by atoms with Gasteiger partial charge in [-0.1, -0.05) is 18.2 Å². The van der Waals surface area contributed by atoms with Crippen LogP contribution in [-0.4, -0.2) is 22.6 Å². The fraction of sp³-hybridized carbons (Fsp3) is 0.312. The number of hydrogen-bond acceptors (Lipinski definition) is 6. The molecule has 2 heterocycles. The molecule has 2 aromatic rings. The van der Waals surface area contributed by atoms with Gasteiger partial charge in [0.2, 0.25) is 11.8 Å². The standard InChI is InChI=1S/C16H18N4O2S2/c1-10(21)19-16(12-6-4-3-5-11(12)14(17)22)20-15(2,8-24-16)13-7-18-9-23-13/h3-7,9,20H,8H2,1-2H3,(H2,17,22)(H,19,21). The highest BCUT2D eigenvalue weighted by molar-refractivity contribution is 8.00. The minimum Gasteiger partial charge on any atom is -0.366 e. The van der Waals surface area contributed by atoms with E-state index in [4.69, 9.17) is 5.73 Å². The largest absolute Gasteiger partial charge is 0.366 e. The summed E-state index contributed by atoms with van der Waals surface area (Å²) in [5.41, 5.74) is 7.99. The van der Waals surface area contributed by atoms with E-state index in [2.05, 4.69) is 22.5 Å².